The molecule has 7 aromatic rings. The SMILES string of the molecule is Cc1cc(OCCCc2c3n(c4c(-c5c(C)nn(C)c5C)c(Cl)ccc24)[C@H](C)CN(c2cn(C)c4ccc(-n5nnnc5C)nc24)C3=O)cc(C)c1Cl. The van der Waals surface area contributed by atoms with Crippen LogP contribution in [0.1, 0.15) is 63.8 Å². The van der Waals surface area contributed by atoms with Gasteiger partial charge in [-0.05, 0) is 112 Å². The van der Waals surface area contributed by atoms with Crippen molar-refractivity contribution in [3.05, 3.63) is 92.2 Å². The summed E-state index contributed by atoms with van der Waals surface area (Å²) < 4.78 is 13.9. The van der Waals surface area contributed by atoms with Crippen LogP contribution in [0.4, 0.5) is 5.69 Å². The zero-order chi connectivity index (χ0) is 37.5. The van der Waals surface area contributed by atoms with Crippen LogP contribution >= 0.6 is 23.2 Å². The molecule has 6 heterocycles. The number of carbonyl (C=O) groups excluding carboxylic acids is 1. The number of fused-ring (bicyclic) bond motifs is 4. The smallest absolute Gasteiger partial charge is 0.275 e. The van der Waals surface area contributed by atoms with E-state index in [1.54, 1.807) is 4.68 Å². The summed E-state index contributed by atoms with van der Waals surface area (Å²) in [4.78, 5) is 22.0. The van der Waals surface area contributed by atoms with Crippen LogP contribution in [0.5, 0.6) is 5.75 Å². The van der Waals surface area contributed by atoms with Crippen molar-refractivity contribution in [1.29, 1.82) is 0 Å². The first-order valence-corrected chi connectivity index (χ1v) is 18.4. The van der Waals surface area contributed by atoms with Crippen LogP contribution in [0, 0.1) is 34.6 Å². The van der Waals surface area contributed by atoms with Gasteiger partial charge >= 0.3 is 0 Å². The highest BCUT2D eigenvalue weighted by Crippen LogP contribution is 2.45. The number of benzene rings is 2. The first-order chi connectivity index (χ1) is 25.3. The third kappa shape index (κ3) is 5.58. The summed E-state index contributed by atoms with van der Waals surface area (Å²) in [5.74, 6) is 1.87. The number of anilines is 1. The van der Waals surface area contributed by atoms with Crippen molar-refractivity contribution in [3.63, 3.8) is 0 Å². The standard InChI is InChI=1S/C39H40Cl2N10O2/c1-20-16-26(17-21(2)35(20)41)53-15-9-10-27-28-11-12-29(40)34(33-23(4)44-48(8)24(33)5)37(28)50-22(3)18-49(39(52)38(27)50)31-19-47(7)30-13-14-32(42-36(30)31)51-25(6)43-45-46-51/h11-14,16-17,19,22H,9-10,15,18H2,1-8H3/t22-/m1/s1. The maximum absolute atomic E-state index is 15.1. The van der Waals surface area contributed by atoms with Crippen molar-refractivity contribution >= 4 is 56.7 Å². The first kappa shape index (κ1) is 34.9. The van der Waals surface area contributed by atoms with Gasteiger partial charge in [0.2, 0.25) is 0 Å². The Balaban J connectivity index is 1.27. The maximum Gasteiger partial charge on any atom is 0.275 e. The number of rotatable bonds is 8. The summed E-state index contributed by atoms with van der Waals surface area (Å²) in [6, 6.07) is 11.7. The quantitative estimate of drug-likeness (QED) is 0.145. The summed E-state index contributed by atoms with van der Waals surface area (Å²) >= 11 is 13.5. The van der Waals surface area contributed by atoms with E-state index in [9.17, 15) is 0 Å². The summed E-state index contributed by atoms with van der Waals surface area (Å²) in [6.45, 7) is 12.9. The largest absolute Gasteiger partial charge is 0.494 e. The summed E-state index contributed by atoms with van der Waals surface area (Å²) in [6.07, 6.45) is 3.27. The molecule has 1 atom stereocenters. The van der Waals surface area contributed by atoms with Crippen LogP contribution in [0.25, 0.3) is 38.9 Å². The highest BCUT2D eigenvalue weighted by molar-refractivity contribution is 6.35. The number of hydrogen-bond acceptors (Lipinski definition) is 7. The predicted molar refractivity (Wildman–Crippen MR) is 208 cm³/mol. The summed E-state index contributed by atoms with van der Waals surface area (Å²) in [5, 5.41) is 19.1. The Morgan fingerprint density at radius 3 is 2.42 bits per heavy atom. The van der Waals surface area contributed by atoms with E-state index in [2.05, 4.69) is 40.0 Å². The molecule has 0 saturated heterocycles. The lowest BCUT2D eigenvalue weighted by Crippen LogP contribution is -2.42. The number of pyridine rings is 1. The molecular formula is C39H40Cl2N10O2. The van der Waals surface area contributed by atoms with E-state index in [1.807, 2.05) is 92.5 Å². The van der Waals surface area contributed by atoms with Gasteiger partial charge in [-0.2, -0.15) is 9.78 Å². The van der Waals surface area contributed by atoms with Crippen LogP contribution in [0.3, 0.4) is 0 Å². The Hall–Kier alpha value is -5.20. The molecule has 12 nitrogen and oxygen atoms in total. The molecule has 0 saturated carbocycles. The molecule has 14 heteroatoms. The minimum atomic E-state index is -0.107. The molecule has 0 aliphatic carbocycles. The molecule has 1 aliphatic rings. The van der Waals surface area contributed by atoms with Gasteiger partial charge in [0.25, 0.3) is 5.91 Å². The van der Waals surface area contributed by atoms with Crippen LogP contribution in [0.2, 0.25) is 10.0 Å². The number of carbonyl (C=O) groups is 1. The van der Waals surface area contributed by atoms with Gasteiger partial charge in [0.05, 0.1) is 34.0 Å². The molecule has 0 fully saturated rings. The highest BCUT2D eigenvalue weighted by atomic mass is 35.5. The van der Waals surface area contributed by atoms with E-state index >= 15 is 4.79 Å². The molecule has 272 valence electrons. The second-order valence-electron chi connectivity index (χ2n) is 14.1. The molecule has 0 N–H and O–H groups in total. The van der Waals surface area contributed by atoms with E-state index in [0.29, 0.717) is 53.9 Å². The number of amides is 1. The van der Waals surface area contributed by atoms with Gasteiger partial charge in [0.15, 0.2) is 11.6 Å². The zero-order valence-electron chi connectivity index (χ0n) is 31.0. The number of ether oxygens (including phenoxy) is 1. The molecule has 0 unspecified atom stereocenters. The number of nitrogens with zero attached hydrogens (tertiary/aromatic N) is 10. The lowest BCUT2D eigenvalue weighted by Gasteiger charge is -2.34. The van der Waals surface area contributed by atoms with Crippen molar-refractivity contribution in [2.24, 2.45) is 14.1 Å². The third-order valence-corrected chi connectivity index (χ3v) is 11.4. The normalized spacial score (nSPS) is 14.6. The Morgan fingerprint density at radius 2 is 1.74 bits per heavy atom. The number of aromatic nitrogens is 9. The van der Waals surface area contributed by atoms with E-state index in [1.165, 1.54) is 0 Å². The van der Waals surface area contributed by atoms with Gasteiger partial charge in [0.1, 0.15) is 17.0 Å². The number of aryl methyl sites for hydroxylation is 7. The highest BCUT2D eigenvalue weighted by Gasteiger charge is 2.38. The lowest BCUT2D eigenvalue weighted by molar-refractivity contribution is 0.0957. The van der Waals surface area contributed by atoms with Gasteiger partial charge in [-0.3, -0.25) is 9.48 Å². The molecule has 0 bridgehead atoms. The van der Waals surface area contributed by atoms with Crippen LogP contribution in [-0.2, 0) is 20.5 Å². The van der Waals surface area contributed by atoms with Gasteiger partial charge in [0, 0.05) is 60.1 Å². The van der Waals surface area contributed by atoms with Crippen LogP contribution in [0.15, 0.2) is 42.6 Å². The number of hydrogen-bond donors (Lipinski definition) is 0. The summed E-state index contributed by atoms with van der Waals surface area (Å²) in [5.41, 5.74) is 10.6. The Morgan fingerprint density at radius 1 is 0.981 bits per heavy atom. The molecule has 2 aromatic carbocycles. The third-order valence-electron chi connectivity index (χ3n) is 10.5. The molecule has 1 aliphatic heterocycles. The fourth-order valence-corrected chi connectivity index (χ4v) is 8.28. The van der Waals surface area contributed by atoms with Crippen LogP contribution < -0.4 is 9.64 Å². The van der Waals surface area contributed by atoms with Crippen molar-refractivity contribution in [3.8, 4) is 22.7 Å². The van der Waals surface area contributed by atoms with Crippen molar-refractivity contribution in [2.45, 2.75) is 60.4 Å². The maximum atomic E-state index is 15.1. The Kier molecular flexibility index (Phi) is 8.57. The predicted octanol–water partition coefficient (Wildman–Crippen LogP) is 7.99. The van der Waals surface area contributed by atoms with E-state index in [-0.39, 0.29) is 11.9 Å². The molecule has 8 rings (SSSR count). The topological polar surface area (TPSA) is 114 Å². The number of tetrazole rings is 1. The molecule has 1 amide bonds. The second kappa shape index (κ2) is 13.0. The van der Waals surface area contributed by atoms with E-state index in [0.717, 1.165) is 72.1 Å². The van der Waals surface area contributed by atoms with Crippen molar-refractivity contribution in [1.82, 2.24) is 44.1 Å². The first-order valence-electron chi connectivity index (χ1n) is 17.6. The minimum Gasteiger partial charge on any atom is -0.494 e. The van der Waals surface area contributed by atoms with Crippen molar-refractivity contribution in [2.75, 3.05) is 18.1 Å². The lowest BCUT2D eigenvalue weighted by atomic mass is 9.98. The Labute approximate surface area is 316 Å². The molecular weight excluding hydrogens is 711 g/mol. The average Bonchev–Trinajstić information content (AvgIpc) is 3.86. The fraction of sp³-hybridized carbons (Fsp3) is 0.333. The van der Waals surface area contributed by atoms with E-state index in [4.69, 9.17) is 38.0 Å². The number of halogens is 2. The Bertz CT molecular complexity index is 2590. The second-order valence-corrected chi connectivity index (χ2v) is 14.9. The molecule has 0 radical (unpaired) electrons. The van der Waals surface area contributed by atoms with Crippen molar-refractivity contribution < 1.29 is 9.53 Å². The summed E-state index contributed by atoms with van der Waals surface area (Å²) in [7, 11) is 3.91. The van der Waals surface area contributed by atoms with Gasteiger partial charge in [-0.1, -0.05) is 29.3 Å². The molecule has 53 heavy (non-hydrogen) atoms. The van der Waals surface area contributed by atoms with Gasteiger partial charge < -0.3 is 18.8 Å². The van der Waals surface area contributed by atoms with Gasteiger partial charge in [-0.25, -0.2) is 4.98 Å². The van der Waals surface area contributed by atoms with E-state index < -0.39 is 0 Å². The minimum absolute atomic E-state index is 0.0980. The molecule has 5 aromatic heterocycles. The molecule has 0 spiro atoms. The monoisotopic (exact) mass is 750 g/mol. The average molecular weight is 752 g/mol. The fourth-order valence-electron chi connectivity index (χ4n) is 7.92. The zero-order valence-corrected chi connectivity index (χ0v) is 32.5. The van der Waals surface area contributed by atoms with Crippen LogP contribution in [-0.4, -0.2) is 63.2 Å². The van der Waals surface area contributed by atoms with Gasteiger partial charge in [-0.15, -0.1) is 5.10 Å².